The van der Waals surface area contributed by atoms with Crippen molar-refractivity contribution in [2.24, 2.45) is 5.92 Å². The highest BCUT2D eigenvalue weighted by atomic mass is 16.6. The normalized spacial score (nSPS) is 13.0. The molecule has 38 heavy (non-hydrogen) atoms. The van der Waals surface area contributed by atoms with Crippen LogP contribution in [0.4, 0.5) is 4.79 Å². The third kappa shape index (κ3) is 9.84. The van der Waals surface area contributed by atoms with Crippen LogP contribution >= 0.6 is 0 Å². The van der Waals surface area contributed by atoms with Crippen LogP contribution in [0.2, 0.25) is 0 Å². The van der Waals surface area contributed by atoms with Gasteiger partial charge in [-0.25, -0.2) is 4.79 Å². The molecule has 3 amide bonds. The molecular formula is C31H45N3O4. The summed E-state index contributed by atoms with van der Waals surface area (Å²) in [5, 5.41) is 5.63. The molecule has 2 atom stereocenters. The van der Waals surface area contributed by atoms with Crippen LogP contribution in [-0.4, -0.2) is 41.0 Å². The van der Waals surface area contributed by atoms with Gasteiger partial charge in [-0.15, -0.1) is 0 Å². The van der Waals surface area contributed by atoms with Gasteiger partial charge in [-0.05, 0) is 77.0 Å². The standard InChI is InChI=1S/C31H45N3O4/c1-21(2)14-16-24(5)34(27(35)20-33-30(37)38-31(6,7)8)28(26-17-15-22(3)18-23(26)4)29(36)32-19-25-12-10-9-11-13-25/h9-13,15,17-18,21,24,28H,14,16,19-20H2,1-8H3,(H,32,36)(H,33,37). The molecule has 0 saturated heterocycles. The zero-order valence-electron chi connectivity index (χ0n) is 24.3. The number of ether oxygens (including phenoxy) is 1. The molecule has 2 unspecified atom stereocenters. The van der Waals surface area contributed by atoms with E-state index in [-0.39, 0.29) is 24.4 Å². The molecule has 0 radical (unpaired) electrons. The first-order chi connectivity index (χ1) is 17.8. The van der Waals surface area contributed by atoms with Crippen LogP contribution in [0.5, 0.6) is 0 Å². The number of benzene rings is 2. The molecule has 0 aliphatic carbocycles. The number of aryl methyl sites for hydroxylation is 2. The summed E-state index contributed by atoms with van der Waals surface area (Å²) in [6, 6.07) is 14.5. The van der Waals surface area contributed by atoms with E-state index >= 15 is 0 Å². The summed E-state index contributed by atoms with van der Waals surface area (Å²) in [7, 11) is 0. The quantitative estimate of drug-likeness (QED) is 0.387. The second-order valence-corrected chi connectivity index (χ2v) is 11.4. The van der Waals surface area contributed by atoms with Crippen LogP contribution < -0.4 is 10.6 Å². The van der Waals surface area contributed by atoms with Gasteiger partial charge in [0.2, 0.25) is 11.8 Å². The molecule has 2 aromatic carbocycles. The minimum Gasteiger partial charge on any atom is -0.444 e. The Kier molecular flexibility index (Phi) is 11.4. The summed E-state index contributed by atoms with van der Waals surface area (Å²) in [4.78, 5) is 41.5. The third-order valence-corrected chi connectivity index (χ3v) is 6.26. The van der Waals surface area contributed by atoms with E-state index in [0.29, 0.717) is 12.5 Å². The first kappa shape index (κ1) is 30.9. The average molecular weight is 524 g/mol. The highest BCUT2D eigenvalue weighted by Crippen LogP contribution is 2.29. The second kappa shape index (κ2) is 14.0. The smallest absolute Gasteiger partial charge is 0.408 e. The van der Waals surface area contributed by atoms with Crippen LogP contribution in [0.15, 0.2) is 48.5 Å². The zero-order chi connectivity index (χ0) is 28.5. The molecule has 0 heterocycles. The van der Waals surface area contributed by atoms with Crippen molar-refractivity contribution in [3.8, 4) is 0 Å². The predicted octanol–water partition coefficient (Wildman–Crippen LogP) is 5.84. The Labute approximate surface area is 228 Å². The van der Waals surface area contributed by atoms with Crippen LogP contribution in [0.3, 0.4) is 0 Å². The molecule has 208 valence electrons. The molecule has 0 aliphatic heterocycles. The van der Waals surface area contributed by atoms with Crippen molar-refractivity contribution in [3.05, 3.63) is 70.8 Å². The van der Waals surface area contributed by atoms with E-state index in [1.54, 1.807) is 25.7 Å². The summed E-state index contributed by atoms with van der Waals surface area (Å²) < 4.78 is 5.32. The molecule has 0 fully saturated rings. The minimum absolute atomic E-state index is 0.237. The van der Waals surface area contributed by atoms with Crippen LogP contribution in [0.1, 0.15) is 82.7 Å². The fourth-order valence-electron chi connectivity index (χ4n) is 4.34. The summed E-state index contributed by atoms with van der Waals surface area (Å²) in [5.74, 6) is -0.157. The number of nitrogens with one attached hydrogen (secondary N) is 2. The van der Waals surface area contributed by atoms with E-state index in [0.717, 1.165) is 35.1 Å². The van der Waals surface area contributed by atoms with Gasteiger partial charge >= 0.3 is 6.09 Å². The van der Waals surface area contributed by atoms with E-state index in [4.69, 9.17) is 4.74 Å². The first-order valence-corrected chi connectivity index (χ1v) is 13.4. The second-order valence-electron chi connectivity index (χ2n) is 11.4. The highest BCUT2D eigenvalue weighted by molar-refractivity contribution is 5.91. The molecule has 0 aliphatic rings. The van der Waals surface area contributed by atoms with Crippen molar-refractivity contribution >= 4 is 17.9 Å². The molecule has 0 aromatic heterocycles. The van der Waals surface area contributed by atoms with Gasteiger partial charge in [0, 0.05) is 12.6 Å². The number of rotatable bonds is 11. The minimum atomic E-state index is -0.852. The number of amides is 3. The number of hydrogen-bond donors (Lipinski definition) is 2. The number of carbonyl (C=O) groups is 3. The van der Waals surface area contributed by atoms with Gasteiger partial charge < -0.3 is 20.3 Å². The van der Waals surface area contributed by atoms with Gasteiger partial charge in [-0.1, -0.05) is 67.9 Å². The van der Waals surface area contributed by atoms with Crippen molar-refractivity contribution in [3.63, 3.8) is 0 Å². The van der Waals surface area contributed by atoms with E-state index in [2.05, 4.69) is 24.5 Å². The summed E-state index contributed by atoms with van der Waals surface area (Å²) in [6.07, 6.45) is 0.955. The fraction of sp³-hybridized carbons (Fsp3) is 0.516. The molecule has 7 nitrogen and oxygen atoms in total. The molecule has 2 N–H and O–H groups in total. The van der Waals surface area contributed by atoms with E-state index < -0.39 is 17.7 Å². The monoisotopic (exact) mass is 523 g/mol. The van der Waals surface area contributed by atoms with Crippen LogP contribution in [0.25, 0.3) is 0 Å². The molecular weight excluding hydrogens is 478 g/mol. The Morgan fingerprint density at radius 2 is 1.58 bits per heavy atom. The Bertz CT molecular complexity index is 1080. The van der Waals surface area contributed by atoms with Crippen molar-refractivity contribution < 1.29 is 19.1 Å². The number of nitrogens with zero attached hydrogens (tertiary/aromatic N) is 1. The van der Waals surface area contributed by atoms with Gasteiger partial charge in [0.05, 0.1) is 0 Å². The fourth-order valence-corrected chi connectivity index (χ4v) is 4.34. The van der Waals surface area contributed by atoms with E-state index in [9.17, 15) is 14.4 Å². The van der Waals surface area contributed by atoms with Gasteiger partial charge in [0.15, 0.2) is 0 Å². The largest absolute Gasteiger partial charge is 0.444 e. The van der Waals surface area contributed by atoms with Gasteiger partial charge in [-0.2, -0.15) is 0 Å². The SMILES string of the molecule is Cc1ccc(C(C(=O)NCc2ccccc2)N(C(=O)CNC(=O)OC(C)(C)C)C(C)CCC(C)C)c(C)c1. The lowest BCUT2D eigenvalue weighted by molar-refractivity contribution is -0.143. The molecule has 0 saturated carbocycles. The molecule has 7 heteroatoms. The molecule has 2 rings (SSSR count). The summed E-state index contributed by atoms with van der Waals surface area (Å²) in [6.45, 7) is 15.6. The third-order valence-electron chi connectivity index (χ3n) is 6.26. The maximum atomic E-state index is 13.9. The van der Waals surface area contributed by atoms with Gasteiger partial charge in [0.25, 0.3) is 0 Å². The van der Waals surface area contributed by atoms with Crippen LogP contribution in [-0.2, 0) is 20.9 Å². The van der Waals surface area contributed by atoms with Gasteiger partial charge in [-0.3, -0.25) is 9.59 Å². The lowest BCUT2D eigenvalue weighted by Gasteiger charge is -2.37. The average Bonchev–Trinajstić information content (AvgIpc) is 2.83. The highest BCUT2D eigenvalue weighted by Gasteiger charge is 2.35. The maximum Gasteiger partial charge on any atom is 0.408 e. The van der Waals surface area contributed by atoms with Gasteiger partial charge in [0.1, 0.15) is 18.2 Å². The van der Waals surface area contributed by atoms with Crippen molar-refractivity contribution in [1.82, 2.24) is 15.5 Å². The number of carbonyl (C=O) groups excluding carboxylic acids is 3. The molecule has 2 aromatic rings. The zero-order valence-corrected chi connectivity index (χ0v) is 24.3. The van der Waals surface area contributed by atoms with Crippen molar-refractivity contribution in [1.29, 1.82) is 0 Å². The molecule has 0 bridgehead atoms. The summed E-state index contributed by atoms with van der Waals surface area (Å²) >= 11 is 0. The van der Waals surface area contributed by atoms with Crippen LogP contribution in [0, 0.1) is 19.8 Å². The van der Waals surface area contributed by atoms with Crippen molar-refractivity contribution in [2.75, 3.05) is 6.54 Å². The van der Waals surface area contributed by atoms with E-state index in [1.165, 1.54) is 0 Å². The Morgan fingerprint density at radius 1 is 0.921 bits per heavy atom. The van der Waals surface area contributed by atoms with Crippen molar-refractivity contribution in [2.45, 2.75) is 92.5 Å². The van der Waals surface area contributed by atoms with E-state index in [1.807, 2.05) is 69.3 Å². The lowest BCUT2D eigenvalue weighted by Crippen LogP contribution is -2.51. The number of alkyl carbamates (subject to hydrolysis) is 1. The lowest BCUT2D eigenvalue weighted by atomic mass is 9.94. The molecule has 0 spiro atoms. The Hall–Kier alpha value is -3.35. The summed E-state index contributed by atoms with van der Waals surface area (Å²) in [5.41, 5.74) is 3.06. The predicted molar refractivity (Wildman–Crippen MR) is 152 cm³/mol. The topological polar surface area (TPSA) is 87.7 Å². The Morgan fingerprint density at radius 3 is 2.16 bits per heavy atom. The number of hydrogen-bond acceptors (Lipinski definition) is 4. The first-order valence-electron chi connectivity index (χ1n) is 13.4. The Balaban J connectivity index is 2.43. The maximum absolute atomic E-state index is 13.9.